The highest BCUT2D eigenvalue weighted by Crippen LogP contribution is 2.34. The van der Waals surface area contributed by atoms with Gasteiger partial charge in [0.2, 0.25) is 5.91 Å². The molecular formula is C17H22FN3OS. The topological polar surface area (TPSA) is 44.4 Å². The third-order valence-electron chi connectivity index (χ3n) is 4.49. The van der Waals surface area contributed by atoms with Crippen LogP contribution in [0.2, 0.25) is 0 Å². The molecule has 1 aliphatic carbocycles. The molecule has 1 aliphatic heterocycles. The number of carbonyl (C=O) groups is 1. The second-order valence-corrected chi connectivity index (χ2v) is 6.67. The lowest BCUT2D eigenvalue weighted by Crippen LogP contribution is -2.40. The van der Waals surface area contributed by atoms with E-state index in [9.17, 15) is 9.18 Å². The van der Waals surface area contributed by atoms with Gasteiger partial charge in [0.15, 0.2) is 5.11 Å². The summed E-state index contributed by atoms with van der Waals surface area (Å²) in [5.74, 6) is -0.294. The van der Waals surface area contributed by atoms with Crippen LogP contribution in [0.1, 0.15) is 31.2 Å². The van der Waals surface area contributed by atoms with Gasteiger partial charge in [-0.2, -0.15) is 0 Å². The van der Waals surface area contributed by atoms with Gasteiger partial charge in [-0.1, -0.05) is 12.1 Å². The Morgan fingerprint density at radius 3 is 2.61 bits per heavy atom. The quantitative estimate of drug-likeness (QED) is 0.827. The van der Waals surface area contributed by atoms with E-state index in [1.807, 2.05) is 11.8 Å². The Morgan fingerprint density at radius 2 is 2.00 bits per heavy atom. The van der Waals surface area contributed by atoms with Crippen LogP contribution in [0.25, 0.3) is 0 Å². The molecule has 2 unspecified atom stereocenters. The zero-order chi connectivity index (χ0) is 16.4. The maximum Gasteiger partial charge on any atom is 0.225 e. The smallest absolute Gasteiger partial charge is 0.225 e. The highest BCUT2D eigenvalue weighted by atomic mass is 32.1. The minimum Gasteiger partial charge on any atom is -0.363 e. The maximum atomic E-state index is 13.2. The van der Waals surface area contributed by atoms with Gasteiger partial charge in [-0.25, -0.2) is 4.39 Å². The van der Waals surface area contributed by atoms with Crippen molar-refractivity contribution in [1.82, 2.24) is 15.5 Å². The van der Waals surface area contributed by atoms with Crippen LogP contribution in [0.15, 0.2) is 24.3 Å². The highest BCUT2D eigenvalue weighted by molar-refractivity contribution is 7.80. The Hall–Kier alpha value is -1.69. The van der Waals surface area contributed by atoms with Crippen LogP contribution in [0, 0.1) is 11.7 Å². The van der Waals surface area contributed by atoms with Crippen molar-refractivity contribution in [2.45, 2.75) is 31.7 Å². The number of carbonyl (C=O) groups excluding carboxylic acids is 1. The van der Waals surface area contributed by atoms with Crippen LogP contribution in [-0.2, 0) is 4.79 Å². The minimum absolute atomic E-state index is 0.0333. The van der Waals surface area contributed by atoms with Gasteiger partial charge in [0.25, 0.3) is 0 Å². The molecule has 2 atom stereocenters. The van der Waals surface area contributed by atoms with E-state index in [1.54, 1.807) is 12.1 Å². The van der Waals surface area contributed by atoms with Gasteiger partial charge in [-0.15, -0.1) is 0 Å². The molecular weight excluding hydrogens is 313 g/mol. The Balaban J connectivity index is 1.78. The van der Waals surface area contributed by atoms with Crippen LogP contribution >= 0.6 is 12.2 Å². The SMILES string of the molecule is CCNC(=S)N1CC(C(=O)NC2CC2)C(c2ccc(F)cc2)C1. The van der Waals surface area contributed by atoms with E-state index in [1.165, 1.54) is 12.1 Å². The van der Waals surface area contributed by atoms with Crippen LogP contribution in [-0.4, -0.2) is 41.6 Å². The lowest BCUT2D eigenvalue weighted by Gasteiger charge is -2.19. The monoisotopic (exact) mass is 335 g/mol. The molecule has 124 valence electrons. The van der Waals surface area contributed by atoms with Gasteiger partial charge in [0, 0.05) is 31.6 Å². The second kappa shape index (κ2) is 6.83. The predicted molar refractivity (Wildman–Crippen MR) is 91.6 cm³/mol. The molecule has 3 rings (SSSR count). The van der Waals surface area contributed by atoms with Crippen LogP contribution in [0.3, 0.4) is 0 Å². The largest absolute Gasteiger partial charge is 0.363 e. The summed E-state index contributed by atoms with van der Waals surface area (Å²) in [6, 6.07) is 6.80. The molecule has 1 amide bonds. The molecule has 4 nitrogen and oxygen atoms in total. The number of nitrogens with one attached hydrogen (secondary N) is 2. The fraction of sp³-hybridized carbons (Fsp3) is 0.529. The number of nitrogens with zero attached hydrogens (tertiary/aromatic N) is 1. The van der Waals surface area contributed by atoms with Crippen molar-refractivity contribution in [2.75, 3.05) is 19.6 Å². The van der Waals surface area contributed by atoms with E-state index in [-0.39, 0.29) is 23.6 Å². The third kappa shape index (κ3) is 3.80. The van der Waals surface area contributed by atoms with Crippen molar-refractivity contribution in [3.63, 3.8) is 0 Å². The van der Waals surface area contributed by atoms with Crippen LogP contribution in [0.4, 0.5) is 4.39 Å². The van der Waals surface area contributed by atoms with E-state index < -0.39 is 0 Å². The molecule has 1 saturated carbocycles. The number of halogens is 1. The predicted octanol–water partition coefficient (Wildman–Crippen LogP) is 2.01. The third-order valence-corrected chi connectivity index (χ3v) is 4.90. The van der Waals surface area contributed by atoms with E-state index in [0.717, 1.165) is 24.9 Å². The lowest BCUT2D eigenvalue weighted by molar-refractivity contribution is -0.125. The van der Waals surface area contributed by atoms with Crippen LogP contribution < -0.4 is 10.6 Å². The molecule has 1 aromatic rings. The Kier molecular flexibility index (Phi) is 4.80. The van der Waals surface area contributed by atoms with Gasteiger partial charge in [-0.3, -0.25) is 4.79 Å². The molecule has 0 bridgehead atoms. The van der Waals surface area contributed by atoms with Crippen molar-refractivity contribution in [3.8, 4) is 0 Å². The normalized spacial score (nSPS) is 23.7. The number of thiocarbonyl (C=S) groups is 1. The molecule has 1 saturated heterocycles. The maximum absolute atomic E-state index is 13.2. The zero-order valence-electron chi connectivity index (χ0n) is 13.2. The second-order valence-electron chi connectivity index (χ2n) is 6.29. The molecule has 23 heavy (non-hydrogen) atoms. The average molecular weight is 335 g/mol. The van der Waals surface area contributed by atoms with Gasteiger partial charge in [0.05, 0.1) is 5.92 Å². The Morgan fingerprint density at radius 1 is 1.30 bits per heavy atom. The summed E-state index contributed by atoms with van der Waals surface area (Å²) >= 11 is 5.40. The van der Waals surface area contributed by atoms with Crippen molar-refractivity contribution >= 4 is 23.2 Å². The summed E-state index contributed by atoms with van der Waals surface area (Å²) in [7, 11) is 0. The molecule has 2 N–H and O–H groups in total. The highest BCUT2D eigenvalue weighted by Gasteiger charge is 2.40. The first-order valence-corrected chi connectivity index (χ1v) is 8.58. The summed E-state index contributed by atoms with van der Waals surface area (Å²) < 4.78 is 13.2. The van der Waals surface area contributed by atoms with Crippen molar-refractivity contribution in [1.29, 1.82) is 0 Å². The number of amides is 1. The molecule has 0 radical (unpaired) electrons. The number of rotatable bonds is 4. The Bertz CT molecular complexity index is 588. The summed E-state index contributed by atoms with van der Waals surface area (Å²) in [6.45, 7) is 4.04. The summed E-state index contributed by atoms with van der Waals surface area (Å²) in [5.41, 5.74) is 0.990. The first-order valence-electron chi connectivity index (χ1n) is 8.17. The molecule has 6 heteroatoms. The van der Waals surface area contributed by atoms with E-state index in [0.29, 0.717) is 24.2 Å². The van der Waals surface area contributed by atoms with E-state index >= 15 is 0 Å². The number of benzene rings is 1. The Labute approximate surface area is 141 Å². The van der Waals surface area contributed by atoms with Gasteiger partial charge >= 0.3 is 0 Å². The summed E-state index contributed by atoms with van der Waals surface area (Å²) in [6.07, 6.45) is 2.14. The molecule has 0 spiro atoms. The number of hydrogen-bond acceptors (Lipinski definition) is 2. The molecule has 2 fully saturated rings. The number of likely N-dealkylation sites (tertiary alicyclic amines) is 1. The summed E-state index contributed by atoms with van der Waals surface area (Å²) in [4.78, 5) is 14.6. The van der Waals surface area contributed by atoms with E-state index in [4.69, 9.17) is 12.2 Å². The average Bonchev–Trinajstić information content (AvgIpc) is 3.23. The summed E-state index contributed by atoms with van der Waals surface area (Å²) in [5, 5.41) is 6.92. The van der Waals surface area contributed by atoms with Gasteiger partial charge in [0.1, 0.15) is 5.82 Å². The number of hydrogen-bond donors (Lipinski definition) is 2. The zero-order valence-corrected chi connectivity index (χ0v) is 14.0. The van der Waals surface area contributed by atoms with Crippen LogP contribution in [0.5, 0.6) is 0 Å². The molecule has 0 aromatic heterocycles. The van der Waals surface area contributed by atoms with Gasteiger partial charge in [-0.05, 0) is 49.7 Å². The van der Waals surface area contributed by atoms with Gasteiger partial charge < -0.3 is 15.5 Å². The van der Waals surface area contributed by atoms with Crippen molar-refractivity contribution in [2.24, 2.45) is 5.92 Å². The lowest BCUT2D eigenvalue weighted by atomic mass is 9.88. The van der Waals surface area contributed by atoms with E-state index in [2.05, 4.69) is 10.6 Å². The molecule has 1 heterocycles. The minimum atomic E-state index is -0.259. The molecule has 1 aromatic carbocycles. The molecule has 2 aliphatic rings. The first-order chi connectivity index (χ1) is 11.1. The van der Waals surface area contributed by atoms with Crippen molar-refractivity contribution < 1.29 is 9.18 Å². The van der Waals surface area contributed by atoms with Crippen molar-refractivity contribution in [3.05, 3.63) is 35.6 Å². The first kappa shape index (κ1) is 16.2. The fourth-order valence-corrected chi connectivity index (χ4v) is 3.38. The fourth-order valence-electron chi connectivity index (χ4n) is 3.08. The standard InChI is InChI=1S/C17H22FN3OS/c1-2-19-17(23)21-9-14(11-3-5-12(18)6-4-11)15(10-21)16(22)20-13-7-8-13/h3-6,13-15H,2,7-10H2,1H3,(H,19,23)(H,20,22).